The van der Waals surface area contributed by atoms with E-state index in [1.165, 1.54) is 44.3 Å². The molecule has 1 rings (SSSR count). The Balaban J connectivity index is 1.84. The molecule has 1 N–H and O–H groups in total. The fourth-order valence-electron chi connectivity index (χ4n) is 2.26. The maximum Gasteiger partial charge on any atom is 0.303 e. The highest BCUT2D eigenvalue weighted by Gasteiger charge is 1.99. The van der Waals surface area contributed by atoms with Gasteiger partial charge in [0.25, 0.3) is 0 Å². The van der Waals surface area contributed by atoms with E-state index in [0.717, 1.165) is 19.3 Å². The lowest BCUT2D eigenvalue weighted by Crippen LogP contribution is -1.97. The van der Waals surface area contributed by atoms with Crippen molar-refractivity contribution in [3.05, 3.63) is 18.2 Å². The normalized spacial score (nSPS) is 10.8. The van der Waals surface area contributed by atoms with Gasteiger partial charge in [-0.3, -0.25) is 4.79 Å². The molecule has 1 aromatic heterocycles. The minimum atomic E-state index is -0.672. The molecule has 108 valence electrons. The molecule has 0 saturated heterocycles. The van der Waals surface area contributed by atoms with Crippen LogP contribution in [0.5, 0.6) is 0 Å². The van der Waals surface area contributed by atoms with Crippen LogP contribution in [0.1, 0.15) is 63.6 Å². The van der Waals surface area contributed by atoms with Crippen LogP contribution >= 0.6 is 0 Å². The summed E-state index contributed by atoms with van der Waals surface area (Å²) in [6.45, 7) is 0. The number of carboxylic acid groups (broad SMARTS) is 1. The molecule has 0 fully saturated rings. The van der Waals surface area contributed by atoms with Crippen LogP contribution in [0.2, 0.25) is 0 Å². The molecule has 0 aliphatic carbocycles. The zero-order chi connectivity index (χ0) is 13.9. The van der Waals surface area contributed by atoms with Gasteiger partial charge in [-0.1, -0.05) is 38.5 Å². The maximum absolute atomic E-state index is 10.3. The Hall–Kier alpha value is -1.32. The first-order valence-corrected chi connectivity index (χ1v) is 7.38. The summed E-state index contributed by atoms with van der Waals surface area (Å²) in [7, 11) is 2.04. The number of aryl methyl sites for hydroxylation is 2. The van der Waals surface area contributed by atoms with Gasteiger partial charge in [-0.15, -0.1) is 0 Å². The van der Waals surface area contributed by atoms with Crippen molar-refractivity contribution in [1.82, 2.24) is 9.55 Å². The Morgan fingerprint density at radius 2 is 1.68 bits per heavy atom. The van der Waals surface area contributed by atoms with E-state index in [1.807, 2.05) is 19.4 Å². The highest BCUT2D eigenvalue weighted by atomic mass is 16.4. The highest BCUT2D eigenvalue weighted by molar-refractivity contribution is 5.66. The molecular formula is C15H26N2O2. The molecule has 0 aliphatic heterocycles. The minimum Gasteiger partial charge on any atom is -0.481 e. The van der Waals surface area contributed by atoms with Gasteiger partial charge in [-0.05, 0) is 12.8 Å². The van der Waals surface area contributed by atoms with Crippen LogP contribution < -0.4 is 0 Å². The van der Waals surface area contributed by atoms with Crippen molar-refractivity contribution in [3.63, 3.8) is 0 Å². The molecule has 0 saturated carbocycles. The van der Waals surface area contributed by atoms with Gasteiger partial charge < -0.3 is 9.67 Å². The zero-order valence-electron chi connectivity index (χ0n) is 12.0. The van der Waals surface area contributed by atoms with E-state index in [4.69, 9.17) is 5.11 Å². The summed E-state index contributed by atoms with van der Waals surface area (Å²) in [6.07, 6.45) is 14.6. The van der Waals surface area contributed by atoms with E-state index in [2.05, 4.69) is 9.55 Å². The van der Waals surface area contributed by atoms with Gasteiger partial charge in [0.2, 0.25) is 0 Å². The van der Waals surface area contributed by atoms with E-state index in [1.54, 1.807) is 0 Å². The SMILES string of the molecule is Cn1ccnc1CCCCCCCCCCC(=O)O. The smallest absolute Gasteiger partial charge is 0.303 e. The van der Waals surface area contributed by atoms with Crippen molar-refractivity contribution in [3.8, 4) is 0 Å². The third-order valence-corrected chi connectivity index (χ3v) is 3.46. The fourth-order valence-corrected chi connectivity index (χ4v) is 2.26. The Morgan fingerprint density at radius 3 is 2.21 bits per heavy atom. The summed E-state index contributed by atoms with van der Waals surface area (Å²) in [5, 5.41) is 8.50. The largest absolute Gasteiger partial charge is 0.481 e. The average Bonchev–Trinajstić information content (AvgIpc) is 2.77. The molecule has 1 heterocycles. The molecule has 0 amide bonds. The van der Waals surface area contributed by atoms with Crippen LogP contribution in [0.4, 0.5) is 0 Å². The molecule has 0 unspecified atom stereocenters. The minimum absolute atomic E-state index is 0.323. The summed E-state index contributed by atoms with van der Waals surface area (Å²) in [5.41, 5.74) is 0. The molecule has 0 spiro atoms. The van der Waals surface area contributed by atoms with E-state index in [-0.39, 0.29) is 0 Å². The number of aromatic nitrogens is 2. The number of nitrogens with zero attached hydrogens (tertiary/aromatic N) is 2. The third kappa shape index (κ3) is 7.65. The Kier molecular flexibility index (Phi) is 7.94. The number of hydrogen-bond acceptors (Lipinski definition) is 2. The van der Waals surface area contributed by atoms with Gasteiger partial charge in [-0.25, -0.2) is 4.98 Å². The number of hydrogen-bond donors (Lipinski definition) is 1. The predicted octanol–water partition coefficient (Wildman–Crippen LogP) is 3.56. The predicted molar refractivity (Wildman–Crippen MR) is 76.1 cm³/mol. The molecule has 4 heteroatoms. The molecule has 0 atom stereocenters. The lowest BCUT2D eigenvalue weighted by Gasteiger charge is -2.03. The third-order valence-electron chi connectivity index (χ3n) is 3.46. The number of rotatable bonds is 11. The van der Waals surface area contributed by atoms with Crippen LogP contribution in [0, 0.1) is 0 Å². The second kappa shape index (κ2) is 9.59. The van der Waals surface area contributed by atoms with E-state index in [9.17, 15) is 4.79 Å². The van der Waals surface area contributed by atoms with Gasteiger partial charge in [-0.2, -0.15) is 0 Å². The van der Waals surface area contributed by atoms with Gasteiger partial charge in [0.15, 0.2) is 0 Å². The summed E-state index contributed by atoms with van der Waals surface area (Å²) >= 11 is 0. The van der Waals surface area contributed by atoms with E-state index in [0.29, 0.717) is 6.42 Å². The molecule has 0 aliphatic rings. The van der Waals surface area contributed by atoms with Crippen LogP contribution in [-0.2, 0) is 18.3 Å². The molecule has 1 aromatic rings. The quantitative estimate of drug-likeness (QED) is 0.623. The number of carboxylic acids is 1. The highest BCUT2D eigenvalue weighted by Crippen LogP contribution is 2.11. The van der Waals surface area contributed by atoms with Crippen LogP contribution in [-0.4, -0.2) is 20.6 Å². The van der Waals surface area contributed by atoms with E-state index >= 15 is 0 Å². The fraction of sp³-hybridized carbons (Fsp3) is 0.733. The molecular weight excluding hydrogens is 240 g/mol. The summed E-state index contributed by atoms with van der Waals surface area (Å²) in [4.78, 5) is 14.6. The first-order chi connectivity index (χ1) is 9.20. The van der Waals surface area contributed by atoms with Gasteiger partial charge in [0.1, 0.15) is 5.82 Å². The van der Waals surface area contributed by atoms with Crippen molar-refractivity contribution in [2.45, 2.75) is 64.2 Å². The number of aliphatic carboxylic acids is 1. The monoisotopic (exact) mass is 266 g/mol. The van der Waals surface area contributed by atoms with Crippen LogP contribution in [0.3, 0.4) is 0 Å². The van der Waals surface area contributed by atoms with E-state index < -0.39 is 5.97 Å². The lowest BCUT2D eigenvalue weighted by atomic mass is 10.1. The number of carbonyl (C=O) groups is 1. The first kappa shape index (κ1) is 15.7. The number of imidazole rings is 1. The molecule has 4 nitrogen and oxygen atoms in total. The maximum atomic E-state index is 10.3. The first-order valence-electron chi connectivity index (χ1n) is 7.38. The van der Waals surface area contributed by atoms with Gasteiger partial charge >= 0.3 is 5.97 Å². The van der Waals surface area contributed by atoms with Crippen molar-refractivity contribution < 1.29 is 9.90 Å². The average molecular weight is 266 g/mol. The summed E-state index contributed by atoms with van der Waals surface area (Å²) < 4.78 is 2.09. The molecule has 0 bridgehead atoms. The van der Waals surface area contributed by atoms with Crippen LogP contribution in [0.15, 0.2) is 12.4 Å². The number of unbranched alkanes of at least 4 members (excludes halogenated alkanes) is 7. The topological polar surface area (TPSA) is 55.1 Å². The zero-order valence-corrected chi connectivity index (χ0v) is 12.0. The summed E-state index contributed by atoms with van der Waals surface area (Å²) in [5.74, 6) is 0.503. The molecule has 19 heavy (non-hydrogen) atoms. The lowest BCUT2D eigenvalue weighted by molar-refractivity contribution is -0.137. The van der Waals surface area contributed by atoms with Crippen LogP contribution in [0.25, 0.3) is 0 Å². The van der Waals surface area contributed by atoms with Crippen molar-refractivity contribution >= 4 is 5.97 Å². The van der Waals surface area contributed by atoms with Crippen molar-refractivity contribution in [2.75, 3.05) is 0 Å². The standard InChI is InChI=1S/C15H26N2O2/c1-17-13-12-16-14(17)10-8-6-4-2-3-5-7-9-11-15(18)19/h12-13H,2-11H2,1H3,(H,18,19). The molecule has 0 radical (unpaired) electrons. The van der Waals surface area contributed by atoms with Crippen molar-refractivity contribution in [1.29, 1.82) is 0 Å². The van der Waals surface area contributed by atoms with Gasteiger partial charge in [0.05, 0.1) is 0 Å². The second-order valence-electron chi connectivity index (χ2n) is 5.18. The van der Waals surface area contributed by atoms with Gasteiger partial charge in [0, 0.05) is 32.3 Å². The Bertz CT molecular complexity index is 361. The second-order valence-corrected chi connectivity index (χ2v) is 5.18. The molecule has 0 aromatic carbocycles. The Morgan fingerprint density at radius 1 is 1.11 bits per heavy atom. The summed E-state index contributed by atoms with van der Waals surface area (Å²) in [6, 6.07) is 0. The Labute approximate surface area is 115 Å². The van der Waals surface area contributed by atoms with Crippen molar-refractivity contribution in [2.24, 2.45) is 7.05 Å².